The largest absolute Gasteiger partial charge is 1.00 e. The molecule has 2 aromatic carbocycles. The van der Waals surface area contributed by atoms with Crippen LogP contribution in [0.15, 0.2) is 24.3 Å². The number of Topliss-reactive ketones (excluding diaryl/α,β-unsaturated/α-hetero) is 1. The maximum Gasteiger partial charge on any atom is 0.231 e. The molecule has 0 fully saturated rings. The predicted octanol–water partition coefficient (Wildman–Crippen LogP) is 0.392. The van der Waals surface area contributed by atoms with Gasteiger partial charge in [-0.3, -0.25) is 4.79 Å². The molecule has 0 saturated heterocycles. The first-order chi connectivity index (χ1) is 14.4. The molecular weight excluding hydrogens is 513 g/mol. The molecule has 1 unspecified atom stereocenters. The average Bonchev–Trinajstić information content (AvgIpc) is 3.22. The fraction of sp³-hybridized carbons (Fsp3) is 0.435. The predicted molar refractivity (Wildman–Crippen MR) is 111 cm³/mol. The molecule has 2 aliphatic heterocycles. The molecule has 0 aliphatic carbocycles. The number of carbonyl (C=O) groups excluding carboxylic acids is 1. The van der Waals surface area contributed by atoms with Crippen LogP contribution in [0.5, 0.6) is 28.7 Å². The Morgan fingerprint density at radius 1 is 1.03 bits per heavy atom. The third kappa shape index (κ3) is 4.27. The molecule has 0 radical (unpaired) electrons. The van der Waals surface area contributed by atoms with E-state index in [1.54, 1.807) is 39.5 Å². The van der Waals surface area contributed by atoms with Crippen LogP contribution in [0, 0.1) is 0 Å². The van der Waals surface area contributed by atoms with Crippen LogP contribution in [-0.2, 0) is 6.42 Å². The zero-order chi connectivity index (χ0) is 21.5. The SMILES string of the molecule is COc1cc(OC)cc(C(=O)CC2c3c(cc4c(c3OC)OCO4)CC[N+]2(C)C)c1.[I-]. The van der Waals surface area contributed by atoms with Crippen molar-refractivity contribution in [3.05, 3.63) is 41.0 Å². The summed E-state index contributed by atoms with van der Waals surface area (Å²) >= 11 is 0. The summed E-state index contributed by atoms with van der Waals surface area (Å²) < 4.78 is 28.4. The van der Waals surface area contributed by atoms with E-state index in [4.69, 9.17) is 23.7 Å². The van der Waals surface area contributed by atoms with Gasteiger partial charge in [0.2, 0.25) is 12.5 Å². The molecule has 0 bridgehead atoms. The Kier molecular flexibility index (Phi) is 6.90. The Bertz CT molecular complexity index is 968. The van der Waals surface area contributed by atoms with Crippen LogP contribution in [-0.4, -0.2) is 59.0 Å². The van der Waals surface area contributed by atoms with Crippen LogP contribution in [0.4, 0.5) is 0 Å². The van der Waals surface area contributed by atoms with Crippen molar-refractivity contribution in [2.75, 3.05) is 48.8 Å². The number of ketones is 1. The quantitative estimate of drug-likeness (QED) is 0.300. The molecule has 31 heavy (non-hydrogen) atoms. The molecule has 168 valence electrons. The maximum atomic E-state index is 13.4. The van der Waals surface area contributed by atoms with Crippen molar-refractivity contribution in [1.29, 1.82) is 0 Å². The van der Waals surface area contributed by atoms with E-state index in [0.717, 1.165) is 24.1 Å². The number of hydrogen-bond donors (Lipinski definition) is 0. The lowest BCUT2D eigenvalue weighted by Gasteiger charge is -2.43. The van der Waals surface area contributed by atoms with Gasteiger partial charge >= 0.3 is 0 Å². The van der Waals surface area contributed by atoms with Gasteiger partial charge in [-0.25, -0.2) is 0 Å². The van der Waals surface area contributed by atoms with Crippen LogP contribution < -0.4 is 47.7 Å². The monoisotopic (exact) mass is 541 g/mol. The molecule has 0 N–H and O–H groups in total. The Balaban J connectivity index is 0.00000272. The normalized spacial score (nSPS) is 17.9. The van der Waals surface area contributed by atoms with Crippen molar-refractivity contribution in [3.63, 3.8) is 0 Å². The summed E-state index contributed by atoms with van der Waals surface area (Å²) in [5, 5.41) is 0. The lowest BCUT2D eigenvalue weighted by Crippen LogP contribution is -3.00. The number of hydrogen-bond acceptors (Lipinski definition) is 6. The van der Waals surface area contributed by atoms with Crippen molar-refractivity contribution >= 4 is 5.78 Å². The van der Waals surface area contributed by atoms with Gasteiger partial charge in [0.1, 0.15) is 17.5 Å². The molecule has 4 rings (SSSR count). The molecule has 1 atom stereocenters. The van der Waals surface area contributed by atoms with Crippen molar-refractivity contribution in [2.45, 2.75) is 18.9 Å². The summed E-state index contributed by atoms with van der Waals surface area (Å²) in [6.07, 6.45) is 1.21. The highest BCUT2D eigenvalue weighted by Crippen LogP contribution is 2.51. The van der Waals surface area contributed by atoms with E-state index < -0.39 is 0 Å². The topological polar surface area (TPSA) is 63.2 Å². The van der Waals surface area contributed by atoms with E-state index in [0.29, 0.717) is 45.2 Å². The molecule has 2 aliphatic rings. The molecule has 8 heteroatoms. The number of carbonyl (C=O) groups is 1. The Hall–Kier alpha value is -2.20. The summed E-state index contributed by atoms with van der Waals surface area (Å²) in [4.78, 5) is 13.4. The number of quaternary nitrogens is 1. The molecule has 2 heterocycles. The first kappa shape index (κ1) is 23.5. The van der Waals surface area contributed by atoms with Crippen LogP contribution in [0.2, 0.25) is 0 Å². The van der Waals surface area contributed by atoms with Gasteiger partial charge in [0.25, 0.3) is 0 Å². The van der Waals surface area contributed by atoms with E-state index in [-0.39, 0.29) is 42.6 Å². The number of nitrogens with zero attached hydrogens (tertiary/aromatic N) is 1. The van der Waals surface area contributed by atoms with E-state index in [9.17, 15) is 4.79 Å². The van der Waals surface area contributed by atoms with Crippen LogP contribution in [0.1, 0.15) is 33.9 Å². The van der Waals surface area contributed by atoms with Gasteiger partial charge < -0.3 is 52.1 Å². The van der Waals surface area contributed by atoms with E-state index >= 15 is 0 Å². The summed E-state index contributed by atoms with van der Waals surface area (Å²) in [5.74, 6) is 3.22. The number of ether oxygens (including phenoxy) is 5. The van der Waals surface area contributed by atoms with Crippen LogP contribution in [0.3, 0.4) is 0 Å². The highest BCUT2D eigenvalue weighted by atomic mass is 127. The van der Waals surface area contributed by atoms with Gasteiger partial charge in [0, 0.05) is 18.1 Å². The summed E-state index contributed by atoms with van der Waals surface area (Å²) in [7, 11) is 9.09. The van der Waals surface area contributed by atoms with E-state index in [1.807, 2.05) is 6.07 Å². The number of benzene rings is 2. The highest BCUT2D eigenvalue weighted by molar-refractivity contribution is 5.97. The third-order valence-electron chi connectivity index (χ3n) is 6.13. The number of likely N-dealkylation sites (N-methyl/N-ethyl adjacent to an activating group) is 1. The zero-order valence-electron chi connectivity index (χ0n) is 18.5. The summed E-state index contributed by atoms with van der Waals surface area (Å²) in [6, 6.07) is 7.22. The summed E-state index contributed by atoms with van der Waals surface area (Å²) in [5.41, 5.74) is 2.74. The van der Waals surface area contributed by atoms with Gasteiger partial charge in [-0.1, -0.05) is 0 Å². The molecule has 0 amide bonds. The standard InChI is InChI=1S/C23H28NO6.HI/c1-24(2)7-6-14-10-20-22(30-13-29-20)23(28-5)21(14)18(24)12-19(25)15-8-16(26-3)11-17(9-15)27-4;/h8-11,18H,6-7,12-13H2,1-5H3;1H/q+1;/p-1. The highest BCUT2D eigenvalue weighted by Gasteiger charge is 2.42. The fourth-order valence-electron chi connectivity index (χ4n) is 4.38. The lowest BCUT2D eigenvalue weighted by molar-refractivity contribution is -0.922. The van der Waals surface area contributed by atoms with Crippen molar-refractivity contribution in [1.82, 2.24) is 0 Å². The second kappa shape index (κ2) is 9.12. The minimum absolute atomic E-state index is 0. The van der Waals surface area contributed by atoms with Gasteiger partial charge in [-0.05, 0) is 23.8 Å². The zero-order valence-corrected chi connectivity index (χ0v) is 20.6. The number of fused-ring (bicyclic) bond motifs is 2. The smallest absolute Gasteiger partial charge is 0.231 e. The molecule has 0 saturated carbocycles. The minimum Gasteiger partial charge on any atom is -1.00 e. The second-order valence-electron chi connectivity index (χ2n) is 8.21. The van der Waals surface area contributed by atoms with Crippen molar-refractivity contribution in [2.24, 2.45) is 0 Å². The Morgan fingerprint density at radius 2 is 1.71 bits per heavy atom. The molecule has 0 spiro atoms. The van der Waals surface area contributed by atoms with E-state index in [1.165, 1.54) is 0 Å². The van der Waals surface area contributed by atoms with Crippen molar-refractivity contribution < 1.29 is 56.9 Å². The number of halogens is 1. The van der Waals surface area contributed by atoms with Gasteiger partial charge in [-0.2, -0.15) is 0 Å². The van der Waals surface area contributed by atoms with Gasteiger partial charge in [0.05, 0.1) is 54.0 Å². The molecule has 7 nitrogen and oxygen atoms in total. The number of rotatable bonds is 6. The molecule has 2 aromatic rings. The first-order valence-corrected chi connectivity index (χ1v) is 9.96. The summed E-state index contributed by atoms with van der Waals surface area (Å²) in [6.45, 7) is 1.09. The third-order valence-corrected chi connectivity index (χ3v) is 6.13. The van der Waals surface area contributed by atoms with Crippen molar-refractivity contribution in [3.8, 4) is 28.7 Å². The number of methoxy groups -OCH3 is 3. The fourth-order valence-corrected chi connectivity index (χ4v) is 4.38. The van der Waals surface area contributed by atoms with Gasteiger partial charge in [0.15, 0.2) is 17.3 Å². The Morgan fingerprint density at radius 3 is 2.32 bits per heavy atom. The minimum atomic E-state index is -0.0807. The second-order valence-corrected chi connectivity index (χ2v) is 8.21. The average molecular weight is 541 g/mol. The van der Waals surface area contributed by atoms with Gasteiger partial charge in [-0.15, -0.1) is 0 Å². The first-order valence-electron chi connectivity index (χ1n) is 9.96. The van der Waals surface area contributed by atoms with Crippen LogP contribution >= 0.6 is 0 Å². The Labute approximate surface area is 199 Å². The van der Waals surface area contributed by atoms with E-state index in [2.05, 4.69) is 14.1 Å². The molecule has 0 aromatic heterocycles. The van der Waals surface area contributed by atoms with Crippen LogP contribution in [0.25, 0.3) is 0 Å². The molecular formula is C23H28INO6. The lowest BCUT2D eigenvalue weighted by atomic mass is 9.86. The maximum absolute atomic E-state index is 13.4.